The second-order valence-electron chi connectivity index (χ2n) is 4.38. The number of anilines is 1. The van der Waals surface area contributed by atoms with Crippen LogP contribution in [0.5, 0.6) is 5.75 Å². The summed E-state index contributed by atoms with van der Waals surface area (Å²) in [5, 5.41) is 11.4. The van der Waals surface area contributed by atoms with Crippen LogP contribution in [0.25, 0.3) is 0 Å². The molecule has 0 saturated carbocycles. The van der Waals surface area contributed by atoms with Crippen molar-refractivity contribution in [2.24, 2.45) is 0 Å². The van der Waals surface area contributed by atoms with E-state index in [1.807, 2.05) is 6.07 Å². The van der Waals surface area contributed by atoms with Gasteiger partial charge in [-0.1, -0.05) is 12.1 Å². The molecule has 0 radical (unpaired) electrons. The van der Waals surface area contributed by atoms with Crippen molar-refractivity contribution < 1.29 is 13.9 Å². The first-order valence-electron chi connectivity index (χ1n) is 6.25. The van der Waals surface area contributed by atoms with Crippen LogP contribution in [-0.2, 0) is 11.2 Å². The molecule has 0 unspecified atom stereocenters. The van der Waals surface area contributed by atoms with Crippen LogP contribution >= 0.6 is 0 Å². The third kappa shape index (κ3) is 3.80. The van der Waals surface area contributed by atoms with Crippen LogP contribution in [0, 0.1) is 17.1 Å². The number of nitrogens with zero attached hydrogens (tertiary/aromatic N) is 1. The van der Waals surface area contributed by atoms with Crippen LogP contribution in [0.4, 0.5) is 10.1 Å². The molecule has 0 aliphatic rings. The number of hydrogen-bond acceptors (Lipinski definition) is 3. The fraction of sp³-hybridized carbons (Fsp3) is 0.125. The topological polar surface area (TPSA) is 62.1 Å². The number of carbonyl (C=O) groups excluding carboxylic acids is 1. The molecule has 0 spiro atoms. The number of hydrogen-bond donors (Lipinski definition) is 1. The molecular formula is C16H13FN2O2. The summed E-state index contributed by atoms with van der Waals surface area (Å²) >= 11 is 0. The zero-order chi connectivity index (χ0) is 15.2. The predicted molar refractivity (Wildman–Crippen MR) is 76.4 cm³/mol. The van der Waals surface area contributed by atoms with Crippen molar-refractivity contribution in [1.29, 1.82) is 5.26 Å². The van der Waals surface area contributed by atoms with Crippen molar-refractivity contribution in [1.82, 2.24) is 0 Å². The zero-order valence-corrected chi connectivity index (χ0v) is 11.4. The average Bonchev–Trinajstić information content (AvgIpc) is 2.49. The minimum absolute atomic E-state index is 0.159. The Bertz CT molecular complexity index is 690. The summed E-state index contributed by atoms with van der Waals surface area (Å²) in [5.41, 5.74) is 1.74. The second kappa shape index (κ2) is 6.53. The van der Waals surface area contributed by atoms with Gasteiger partial charge in [0, 0.05) is 6.07 Å². The number of nitriles is 1. The Morgan fingerprint density at radius 1 is 1.29 bits per heavy atom. The Labute approximate surface area is 121 Å². The van der Waals surface area contributed by atoms with Crippen LogP contribution in [0.2, 0.25) is 0 Å². The lowest BCUT2D eigenvalue weighted by Gasteiger charge is -2.10. The van der Waals surface area contributed by atoms with Crippen molar-refractivity contribution in [3.8, 4) is 11.8 Å². The molecule has 0 bridgehead atoms. The number of carbonyl (C=O) groups is 1. The molecule has 2 rings (SSSR count). The number of benzene rings is 2. The molecule has 0 atom stereocenters. The highest BCUT2D eigenvalue weighted by Crippen LogP contribution is 2.25. The molecule has 2 aromatic rings. The van der Waals surface area contributed by atoms with Gasteiger partial charge in [0.15, 0.2) is 0 Å². The number of ether oxygens (including phenoxy) is 1. The summed E-state index contributed by atoms with van der Waals surface area (Å²) in [5.74, 6) is -0.412. The van der Waals surface area contributed by atoms with Gasteiger partial charge in [0.1, 0.15) is 11.6 Å². The molecule has 0 aliphatic carbocycles. The Morgan fingerprint density at radius 2 is 2.00 bits per heavy atom. The Hall–Kier alpha value is -2.87. The minimum atomic E-state index is -0.433. The number of methoxy groups -OCH3 is 1. The number of amides is 1. The first kappa shape index (κ1) is 14.5. The zero-order valence-electron chi connectivity index (χ0n) is 11.4. The smallest absolute Gasteiger partial charge is 0.228 e. The van der Waals surface area contributed by atoms with Gasteiger partial charge in [0.05, 0.1) is 30.9 Å². The molecule has 0 fully saturated rings. The summed E-state index contributed by atoms with van der Waals surface area (Å²) in [6.45, 7) is 0. The molecule has 2 aromatic carbocycles. The van der Waals surface area contributed by atoms with E-state index in [1.54, 1.807) is 24.3 Å². The van der Waals surface area contributed by atoms with Crippen molar-refractivity contribution in [3.63, 3.8) is 0 Å². The quantitative estimate of drug-likeness (QED) is 0.939. The van der Waals surface area contributed by atoms with Crippen LogP contribution in [-0.4, -0.2) is 13.0 Å². The maximum absolute atomic E-state index is 13.1. The lowest BCUT2D eigenvalue weighted by molar-refractivity contribution is -0.115. The maximum Gasteiger partial charge on any atom is 0.228 e. The molecule has 0 aromatic heterocycles. The van der Waals surface area contributed by atoms with E-state index < -0.39 is 5.82 Å². The third-order valence-electron chi connectivity index (χ3n) is 2.89. The second-order valence-corrected chi connectivity index (χ2v) is 4.38. The lowest BCUT2D eigenvalue weighted by atomic mass is 10.1. The van der Waals surface area contributed by atoms with Crippen molar-refractivity contribution in [2.45, 2.75) is 6.42 Å². The largest absolute Gasteiger partial charge is 0.494 e. The molecule has 4 nitrogen and oxygen atoms in total. The molecule has 5 heteroatoms. The SMILES string of the molecule is COc1cc(F)ccc1NC(=O)Cc1ccc(C#N)cc1. The Kier molecular flexibility index (Phi) is 4.52. The summed E-state index contributed by atoms with van der Waals surface area (Å²) in [7, 11) is 1.41. The van der Waals surface area contributed by atoms with Gasteiger partial charge in [-0.15, -0.1) is 0 Å². The van der Waals surface area contributed by atoms with Gasteiger partial charge in [-0.3, -0.25) is 4.79 Å². The monoisotopic (exact) mass is 284 g/mol. The van der Waals surface area contributed by atoms with Crippen LogP contribution < -0.4 is 10.1 Å². The molecule has 0 saturated heterocycles. The summed E-state index contributed by atoms with van der Waals surface area (Å²) in [4.78, 5) is 12.0. The summed E-state index contributed by atoms with van der Waals surface area (Å²) in [6, 6.07) is 12.7. The Morgan fingerprint density at radius 3 is 2.62 bits per heavy atom. The van der Waals surface area contributed by atoms with Crippen molar-refractivity contribution in [2.75, 3.05) is 12.4 Å². The van der Waals surface area contributed by atoms with E-state index in [9.17, 15) is 9.18 Å². The number of rotatable bonds is 4. The first-order chi connectivity index (χ1) is 10.1. The van der Waals surface area contributed by atoms with E-state index in [-0.39, 0.29) is 18.1 Å². The van der Waals surface area contributed by atoms with Gasteiger partial charge in [-0.2, -0.15) is 5.26 Å². The van der Waals surface area contributed by atoms with Crippen molar-refractivity contribution >= 4 is 11.6 Å². The van der Waals surface area contributed by atoms with Crippen LogP contribution in [0.15, 0.2) is 42.5 Å². The number of nitrogens with one attached hydrogen (secondary N) is 1. The maximum atomic E-state index is 13.1. The molecule has 0 heterocycles. The van der Waals surface area contributed by atoms with Gasteiger partial charge in [-0.25, -0.2) is 4.39 Å². The van der Waals surface area contributed by atoms with Crippen LogP contribution in [0.3, 0.4) is 0 Å². The highest BCUT2D eigenvalue weighted by molar-refractivity contribution is 5.93. The standard InChI is InChI=1S/C16H13FN2O2/c1-21-15-9-13(17)6-7-14(15)19-16(20)8-11-2-4-12(10-18)5-3-11/h2-7,9H,8H2,1H3,(H,19,20). The average molecular weight is 284 g/mol. The predicted octanol–water partition coefficient (Wildman–Crippen LogP) is 2.89. The van der Waals surface area contributed by atoms with E-state index in [0.29, 0.717) is 11.3 Å². The van der Waals surface area contributed by atoms with E-state index >= 15 is 0 Å². The van der Waals surface area contributed by atoms with Crippen molar-refractivity contribution in [3.05, 3.63) is 59.4 Å². The van der Waals surface area contributed by atoms with Gasteiger partial charge < -0.3 is 10.1 Å². The van der Waals surface area contributed by atoms with Gasteiger partial charge >= 0.3 is 0 Å². The molecule has 1 amide bonds. The van der Waals surface area contributed by atoms with Gasteiger partial charge in [0.2, 0.25) is 5.91 Å². The van der Waals surface area contributed by atoms with Crippen LogP contribution in [0.1, 0.15) is 11.1 Å². The third-order valence-corrected chi connectivity index (χ3v) is 2.89. The van der Waals surface area contributed by atoms with E-state index in [1.165, 1.54) is 25.3 Å². The molecule has 21 heavy (non-hydrogen) atoms. The number of halogens is 1. The molecule has 1 N–H and O–H groups in total. The highest BCUT2D eigenvalue weighted by Gasteiger charge is 2.09. The Balaban J connectivity index is 2.06. The summed E-state index contributed by atoms with van der Waals surface area (Å²) < 4.78 is 18.1. The van der Waals surface area contributed by atoms with E-state index in [0.717, 1.165) is 5.56 Å². The highest BCUT2D eigenvalue weighted by atomic mass is 19.1. The summed E-state index contributed by atoms with van der Waals surface area (Å²) in [6.07, 6.45) is 0.159. The minimum Gasteiger partial charge on any atom is -0.494 e. The van der Waals surface area contributed by atoms with Gasteiger partial charge in [-0.05, 0) is 29.8 Å². The van der Waals surface area contributed by atoms with E-state index in [2.05, 4.69) is 5.32 Å². The normalized spacial score (nSPS) is 9.76. The molecular weight excluding hydrogens is 271 g/mol. The lowest BCUT2D eigenvalue weighted by Crippen LogP contribution is -2.15. The fourth-order valence-corrected chi connectivity index (χ4v) is 1.85. The fourth-order valence-electron chi connectivity index (χ4n) is 1.85. The molecule has 106 valence electrons. The van der Waals surface area contributed by atoms with E-state index in [4.69, 9.17) is 10.00 Å². The van der Waals surface area contributed by atoms with Gasteiger partial charge in [0.25, 0.3) is 0 Å². The first-order valence-corrected chi connectivity index (χ1v) is 6.25. The molecule has 0 aliphatic heterocycles.